The molecule has 0 aliphatic rings. The summed E-state index contributed by atoms with van der Waals surface area (Å²) in [5.74, 6) is 0.661. The Morgan fingerprint density at radius 2 is 1.00 bits per heavy atom. The number of rotatable bonds is 0. The van der Waals surface area contributed by atoms with Crippen LogP contribution < -0.4 is 24.8 Å². The maximum Gasteiger partial charge on any atom is 2.00 e. The van der Waals surface area contributed by atoms with Crippen LogP contribution in [0.25, 0.3) is 0 Å². The van der Waals surface area contributed by atoms with Crippen LogP contribution in [-0.2, 0) is 26.2 Å². The molecule has 2 aromatic rings. The number of phenols is 2. The Balaban J connectivity index is -0.000000233. The zero-order valence-corrected chi connectivity index (χ0v) is 17.8. The van der Waals surface area contributed by atoms with E-state index in [2.05, 4.69) is 45.2 Å². The molecule has 2 N–H and O–H groups in total. The Hall–Kier alpha value is 0.963. The van der Waals surface area contributed by atoms with Crippen LogP contribution in [0.1, 0.15) is 0 Å². The van der Waals surface area contributed by atoms with Crippen molar-refractivity contribution in [2.45, 2.75) is 0 Å². The van der Waals surface area contributed by atoms with Crippen molar-refractivity contribution in [3.05, 3.63) is 55.7 Å². The molecule has 7 heteroatoms. The average molecular weight is 602 g/mol. The molecule has 0 aliphatic heterocycles. The summed E-state index contributed by atoms with van der Waals surface area (Å²) < 4.78 is 2.12. The molecule has 0 atom stereocenters. The third kappa shape index (κ3) is 12.4. The average Bonchev–Trinajstić information content (AvgIpc) is 2.17. The molecule has 2 aromatic carbocycles. The molecule has 0 spiro atoms. The minimum absolute atomic E-state index is 0. The van der Waals surface area contributed by atoms with Crippen molar-refractivity contribution in [1.82, 2.24) is 0 Å². The third-order valence-corrected chi connectivity index (χ3v) is 2.96. The molecule has 0 fully saturated rings. The largest absolute Gasteiger partial charge is 2.00 e. The predicted octanol–water partition coefficient (Wildman–Crippen LogP) is -2.00. The minimum atomic E-state index is 0. The van der Waals surface area contributed by atoms with E-state index >= 15 is 0 Å². The van der Waals surface area contributed by atoms with Crippen molar-refractivity contribution in [2.24, 2.45) is 0 Å². The first-order valence-electron chi connectivity index (χ1n) is 4.47. The molecule has 0 radical (unpaired) electrons. The van der Waals surface area contributed by atoms with Gasteiger partial charge in [-0.05, 0) is 81.6 Å². The van der Waals surface area contributed by atoms with Crippen LogP contribution in [-0.4, -0.2) is 10.2 Å². The van der Waals surface area contributed by atoms with Crippen molar-refractivity contribution in [2.75, 3.05) is 0 Å². The Morgan fingerprint density at radius 1 is 0.684 bits per heavy atom. The van der Waals surface area contributed by atoms with Gasteiger partial charge in [0, 0.05) is 7.14 Å². The van der Waals surface area contributed by atoms with E-state index in [9.17, 15) is 0 Å². The summed E-state index contributed by atoms with van der Waals surface area (Å²) in [4.78, 5) is 0. The first-order valence-corrected chi connectivity index (χ1v) is 6.63. The first-order chi connectivity index (χ1) is 7.58. The van der Waals surface area contributed by atoms with Gasteiger partial charge in [-0.25, -0.2) is 0 Å². The number of hydrogen-bond donors (Lipinski definition) is 2. The van der Waals surface area contributed by atoms with Crippen molar-refractivity contribution in [1.29, 1.82) is 0 Å². The van der Waals surface area contributed by atoms with Gasteiger partial charge in [0.05, 0.1) is 0 Å². The molecule has 102 valence electrons. The molecule has 0 aromatic heterocycles. The van der Waals surface area contributed by atoms with E-state index < -0.39 is 0 Å². The Bertz CT molecular complexity index is 395. The zero-order chi connectivity index (χ0) is 12.0. The predicted molar refractivity (Wildman–Crippen MR) is 81.6 cm³/mol. The topological polar surface area (TPSA) is 40.5 Å². The Labute approximate surface area is 171 Å². The normalized spacial score (nSPS) is 7.68. The molecule has 0 aliphatic carbocycles. The molecule has 0 amide bonds. The van der Waals surface area contributed by atoms with Gasteiger partial charge in [-0.1, -0.05) is 12.1 Å². The van der Waals surface area contributed by atoms with Crippen LogP contribution in [0.2, 0.25) is 0 Å². The number of hydrogen-bond acceptors (Lipinski definition) is 2. The fraction of sp³-hybridized carbons (Fsp3) is 0. The van der Waals surface area contributed by atoms with Crippen molar-refractivity contribution < 1.29 is 61.2 Å². The van der Waals surface area contributed by atoms with E-state index in [1.54, 1.807) is 24.3 Å². The van der Waals surface area contributed by atoms with E-state index in [0.29, 0.717) is 11.5 Å². The van der Waals surface area contributed by atoms with Crippen LogP contribution in [0, 0.1) is 7.14 Å². The number of benzene rings is 2. The fourth-order valence-electron chi connectivity index (χ4n) is 0.952. The van der Waals surface area contributed by atoms with Crippen molar-refractivity contribution >= 4 is 45.2 Å². The van der Waals surface area contributed by atoms with Crippen LogP contribution in [0.5, 0.6) is 11.5 Å². The minimum Gasteiger partial charge on any atom is -1.00 e. The quantitative estimate of drug-likeness (QED) is 0.343. The van der Waals surface area contributed by atoms with E-state index in [1.807, 2.05) is 24.3 Å². The monoisotopic (exact) mass is 600 g/mol. The van der Waals surface area contributed by atoms with E-state index in [0.717, 1.165) is 7.14 Å². The van der Waals surface area contributed by atoms with Gasteiger partial charge in [-0.3, -0.25) is 0 Å². The van der Waals surface area contributed by atoms with Gasteiger partial charge in [0.1, 0.15) is 11.5 Å². The molecular formula is C12H10Cl2I2O2Zr. The van der Waals surface area contributed by atoms with Gasteiger partial charge in [0.25, 0.3) is 0 Å². The maximum absolute atomic E-state index is 8.81. The Kier molecular flexibility index (Phi) is 18.3. The fourth-order valence-corrected chi connectivity index (χ4v) is 2.01. The molecule has 2 nitrogen and oxygen atoms in total. The smallest absolute Gasteiger partial charge is 1.00 e. The second-order valence-corrected chi connectivity index (χ2v) is 5.45. The van der Waals surface area contributed by atoms with Gasteiger partial charge in [-0.2, -0.15) is 0 Å². The van der Waals surface area contributed by atoms with E-state index in [4.69, 9.17) is 10.2 Å². The van der Waals surface area contributed by atoms with Crippen molar-refractivity contribution in [3.63, 3.8) is 0 Å². The summed E-state index contributed by atoms with van der Waals surface area (Å²) in [5.41, 5.74) is 0. The summed E-state index contributed by atoms with van der Waals surface area (Å²) in [5, 5.41) is 17.6. The molecule has 0 bridgehead atoms. The maximum atomic E-state index is 8.81. The molecule has 2 rings (SSSR count). The molecule has 0 heterocycles. The van der Waals surface area contributed by atoms with Gasteiger partial charge >= 0.3 is 26.2 Å². The first kappa shape index (κ1) is 24.9. The van der Waals surface area contributed by atoms with E-state index in [-0.39, 0.29) is 51.0 Å². The van der Waals surface area contributed by atoms with Crippen molar-refractivity contribution in [3.8, 4) is 11.5 Å². The zero-order valence-electron chi connectivity index (χ0n) is 9.53. The summed E-state index contributed by atoms with van der Waals surface area (Å²) in [6.07, 6.45) is 0. The Morgan fingerprint density at radius 3 is 1.16 bits per heavy atom. The molecule has 0 saturated carbocycles. The van der Waals surface area contributed by atoms with Crippen LogP contribution in [0.4, 0.5) is 0 Å². The number of aromatic hydroxyl groups is 2. The molecule has 19 heavy (non-hydrogen) atoms. The summed E-state index contributed by atoms with van der Waals surface area (Å²) in [6.45, 7) is 0. The summed E-state index contributed by atoms with van der Waals surface area (Å²) >= 11 is 4.29. The molecule has 0 unspecified atom stereocenters. The van der Waals surface area contributed by atoms with E-state index in [1.165, 1.54) is 0 Å². The van der Waals surface area contributed by atoms with Gasteiger partial charge in [0.2, 0.25) is 0 Å². The van der Waals surface area contributed by atoms with Crippen LogP contribution >= 0.6 is 45.2 Å². The number of halogens is 4. The van der Waals surface area contributed by atoms with Gasteiger partial charge in [-0.15, -0.1) is 0 Å². The van der Waals surface area contributed by atoms with Crippen LogP contribution in [0.3, 0.4) is 0 Å². The van der Waals surface area contributed by atoms with Gasteiger partial charge in [0.15, 0.2) is 0 Å². The molecular weight excluding hydrogens is 592 g/mol. The summed E-state index contributed by atoms with van der Waals surface area (Å²) in [6, 6.07) is 14.2. The molecule has 0 saturated heterocycles. The third-order valence-electron chi connectivity index (χ3n) is 1.62. The van der Waals surface area contributed by atoms with Gasteiger partial charge < -0.3 is 35.0 Å². The summed E-state index contributed by atoms with van der Waals surface area (Å²) in [7, 11) is 0. The standard InChI is InChI=1S/2C6H5IO.2ClH.Zr/c2*7-5-2-1-3-6(8)4-5;;;/h2*1-4,8H;2*1H;/q;;;;+2/p-2. The SMILES string of the molecule is Oc1cccc(I)c1.Oc1cccc(I)c1.[Cl-].[Cl-].[Zr+2]. The number of phenolic OH excluding ortho intramolecular Hbond substituents is 2. The van der Waals surface area contributed by atoms with Crippen LogP contribution in [0.15, 0.2) is 48.5 Å². The second-order valence-electron chi connectivity index (χ2n) is 2.96. The second kappa shape index (κ2) is 13.9.